The molecular formula is C14H25N3O3. The van der Waals surface area contributed by atoms with Crippen molar-refractivity contribution in [1.29, 1.82) is 0 Å². The number of nitrogens with two attached hydrogens (primary N) is 1. The minimum Gasteiger partial charge on any atom is -0.380 e. The molecule has 1 fully saturated rings. The Balaban J connectivity index is 2.13. The molecule has 6 heteroatoms. The van der Waals surface area contributed by atoms with Gasteiger partial charge in [-0.25, -0.2) is 0 Å². The van der Waals surface area contributed by atoms with E-state index in [0.717, 1.165) is 19.3 Å². The van der Waals surface area contributed by atoms with E-state index < -0.39 is 5.60 Å². The van der Waals surface area contributed by atoms with Crippen LogP contribution in [-0.2, 0) is 21.5 Å². The van der Waals surface area contributed by atoms with E-state index in [1.165, 1.54) is 6.42 Å². The molecule has 1 aromatic rings. The van der Waals surface area contributed by atoms with Crippen molar-refractivity contribution in [3.8, 4) is 0 Å². The van der Waals surface area contributed by atoms with Crippen LogP contribution in [0.3, 0.4) is 0 Å². The van der Waals surface area contributed by atoms with Gasteiger partial charge in [0.25, 0.3) is 0 Å². The SMILES string of the molecule is COC(CN)Cc1nc(C2(OC)CCCC(C)C2)no1. The predicted octanol–water partition coefficient (Wildman–Crippen LogP) is 1.64. The van der Waals surface area contributed by atoms with Gasteiger partial charge < -0.3 is 19.7 Å². The Kier molecular flexibility index (Phi) is 5.12. The van der Waals surface area contributed by atoms with Gasteiger partial charge in [0.05, 0.1) is 12.5 Å². The molecule has 0 spiro atoms. The molecule has 0 amide bonds. The third kappa shape index (κ3) is 3.19. The highest BCUT2D eigenvalue weighted by Crippen LogP contribution is 2.41. The third-order valence-corrected chi connectivity index (χ3v) is 4.22. The Morgan fingerprint density at radius 1 is 1.50 bits per heavy atom. The second-order valence-electron chi connectivity index (χ2n) is 5.71. The molecule has 1 aliphatic carbocycles. The summed E-state index contributed by atoms with van der Waals surface area (Å²) in [6.07, 6.45) is 4.68. The lowest BCUT2D eigenvalue weighted by Gasteiger charge is -2.36. The van der Waals surface area contributed by atoms with Crippen molar-refractivity contribution >= 4 is 0 Å². The zero-order valence-electron chi connectivity index (χ0n) is 12.6. The summed E-state index contributed by atoms with van der Waals surface area (Å²) in [7, 11) is 3.36. The fraction of sp³-hybridized carbons (Fsp3) is 0.857. The summed E-state index contributed by atoms with van der Waals surface area (Å²) in [5.74, 6) is 1.83. The highest BCUT2D eigenvalue weighted by Gasteiger charge is 2.41. The Morgan fingerprint density at radius 2 is 2.30 bits per heavy atom. The second kappa shape index (κ2) is 6.65. The number of nitrogens with zero attached hydrogens (tertiary/aromatic N) is 2. The smallest absolute Gasteiger partial charge is 0.229 e. The van der Waals surface area contributed by atoms with Gasteiger partial charge in [0, 0.05) is 20.8 Å². The van der Waals surface area contributed by atoms with Gasteiger partial charge in [0.1, 0.15) is 5.60 Å². The van der Waals surface area contributed by atoms with Crippen molar-refractivity contribution in [2.24, 2.45) is 11.7 Å². The molecule has 1 aromatic heterocycles. The van der Waals surface area contributed by atoms with E-state index in [1.54, 1.807) is 14.2 Å². The summed E-state index contributed by atoms with van der Waals surface area (Å²) in [6, 6.07) is 0. The molecular weight excluding hydrogens is 258 g/mol. The number of ether oxygens (including phenoxy) is 2. The Hall–Kier alpha value is -0.980. The molecule has 0 bridgehead atoms. The van der Waals surface area contributed by atoms with Crippen LogP contribution >= 0.6 is 0 Å². The van der Waals surface area contributed by atoms with Crippen LogP contribution in [0.5, 0.6) is 0 Å². The topological polar surface area (TPSA) is 83.4 Å². The fourth-order valence-corrected chi connectivity index (χ4v) is 2.96. The molecule has 0 radical (unpaired) electrons. The van der Waals surface area contributed by atoms with Crippen LogP contribution in [0.15, 0.2) is 4.52 Å². The van der Waals surface area contributed by atoms with Gasteiger partial charge in [0.15, 0.2) is 0 Å². The van der Waals surface area contributed by atoms with Gasteiger partial charge in [0.2, 0.25) is 11.7 Å². The second-order valence-corrected chi connectivity index (χ2v) is 5.71. The standard InChI is InChI=1S/C14H25N3O3/c1-10-5-4-6-14(8-10,19-3)13-16-12(20-17-13)7-11(9-15)18-2/h10-11H,4-9,15H2,1-3H3. The maximum absolute atomic E-state index is 5.77. The lowest BCUT2D eigenvalue weighted by atomic mass is 9.78. The maximum Gasteiger partial charge on any atom is 0.229 e. The number of aromatic nitrogens is 2. The first-order valence-electron chi connectivity index (χ1n) is 7.24. The molecule has 3 atom stereocenters. The molecule has 1 heterocycles. The summed E-state index contributed by atoms with van der Waals surface area (Å²) in [6.45, 7) is 2.67. The molecule has 2 rings (SSSR count). The summed E-state index contributed by atoms with van der Waals surface area (Å²) >= 11 is 0. The van der Waals surface area contributed by atoms with Crippen LogP contribution in [0.1, 0.15) is 44.3 Å². The lowest BCUT2D eigenvalue weighted by molar-refractivity contribution is -0.0658. The molecule has 2 N–H and O–H groups in total. The molecule has 114 valence electrons. The van der Waals surface area contributed by atoms with Crippen molar-refractivity contribution in [2.45, 2.75) is 50.7 Å². The predicted molar refractivity (Wildman–Crippen MR) is 74.2 cm³/mol. The highest BCUT2D eigenvalue weighted by molar-refractivity contribution is 5.04. The van der Waals surface area contributed by atoms with Gasteiger partial charge in [-0.2, -0.15) is 4.98 Å². The lowest BCUT2D eigenvalue weighted by Crippen LogP contribution is -2.35. The summed E-state index contributed by atoms with van der Waals surface area (Å²) in [5, 5.41) is 4.13. The van der Waals surface area contributed by atoms with Crippen molar-refractivity contribution in [2.75, 3.05) is 20.8 Å². The molecule has 3 unspecified atom stereocenters. The average molecular weight is 283 g/mol. The number of methoxy groups -OCH3 is 2. The van der Waals surface area contributed by atoms with E-state index in [2.05, 4.69) is 17.1 Å². The quantitative estimate of drug-likeness (QED) is 0.854. The molecule has 0 aromatic carbocycles. The molecule has 0 aliphatic heterocycles. The van der Waals surface area contributed by atoms with Crippen LogP contribution in [0.25, 0.3) is 0 Å². The zero-order valence-corrected chi connectivity index (χ0v) is 12.6. The monoisotopic (exact) mass is 283 g/mol. The van der Waals surface area contributed by atoms with Gasteiger partial charge >= 0.3 is 0 Å². The molecule has 0 saturated heterocycles. The van der Waals surface area contributed by atoms with E-state index in [0.29, 0.717) is 30.6 Å². The van der Waals surface area contributed by atoms with Gasteiger partial charge in [-0.15, -0.1) is 0 Å². The normalized spacial score (nSPS) is 28.5. The van der Waals surface area contributed by atoms with Crippen LogP contribution < -0.4 is 5.73 Å². The Labute approximate surface area is 120 Å². The molecule has 6 nitrogen and oxygen atoms in total. The third-order valence-electron chi connectivity index (χ3n) is 4.22. The summed E-state index contributed by atoms with van der Waals surface area (Å²) in [4.78, 5) is 4.51. The van der Waals surface area contributed by atoms with E-state index in [1.807, 2.05) is 0 Å². The number of hydrogen-bond donors (Lipinski definition) is 1. The van der Waals surface area contributed by atoms with Crippen LogP contribution in [0, 0.1) is 5.92 Å². The van der Waals surface area contributed by atoms with Crippen molar-refractivity contribution in [1.82, 2.24) is 10.1 Å². The van der Waals surface area contributed by atoms with Gasteiger partial charge in [-0.05, 0) is 25.2 Å². The maximum atomic E-state index is 5.77. The number of hydrogen-bond acceptors (Lipinski definition) is 6. The van der Waals surface area contributed by atoms with Gasteiger partial charge in [-0.1, -0.05) is 18.5 Å². The van der Waals surface area contributed by atoms with Crippen LogP contribution in [-0.4, -0.2) is 37.0 Å². The Bertz CT molecular complexity index is 420. The van der Waals surface area contributed by atoms with E-state index in [-0.39, 0.29) is 6.10 Å². The summed E-state index contributed by atoms with van der Waals surface area (Å²) < 4.78 is 16.3. The molecule has 20 heavy (non-hydrogen) atoms. The van der Waals surface area contributed by atoms with Crippen molar-refractivity contribution in [3.05, 3.63) is 11.7 Å². The fourth-order valence-electron chi connectivity index (χ4n) is 2.96. The van der Waals surface area contributed by atoms with E-state index in [4.69, 9.17) is 19.7 Å². The zero-order chi connectivity index (χ0) is 14.6. The highest BCUT2D eigenvalue weighted by atomic mass is 16.5. The van der Waals surface area contributed by atoms with E-state index in [9.17, 15) is 0 Å². The first-order valence-corrected chi connectivity index (χ1v) is 7.24. The largest absolute Gasteiger partial charge is 0.380 e. The number of rotatable bonds is 6. The van der Waals surface area contributed by atoms with Crippen LogP contribution in [0.2, 0.25) is 0 Å². The van der Waals surface area contributed by atoms with E-state index >= 15 is 0 Å². The minimum atomic E-state index is -0.398. The van der Waals surface area contributed by atoms with Crippen molar-refractivity contribution in [3.63, 3.8) is 0 Å². The minimum absolute atomic E-state index is 0.0907. The van der Waals surface area contributed by atoms with Crippen molar-refractivity contribution < 1.29 is 14.0 Å². The van der Waals surface area contributed by atoms with Gasteiger partial charge in [-0.3, -0.25) is 0 Å². The first-order chi connectivity index (χ1) is 9.63. The molecule has 1 saturated carbocycles. The van der Waals surface area contributed by atoms with Crippen LogP contribution in [0.4, 0.5) is 0 Å². The molecule has 1 aliphatic rings. The average Bonchev–Trinajstić information content (AvgIpc) is 2.93. The Morgan fingerprint density at radius 3 is 2.90 bits per heavy atom. The first kappa shape index (κ1) is 15.4. The summed E-state index contributed by atoms with van der Waals surface area (Å²) in [5.41, 5.74) is 5.21.